The molecule has 10 aromatic carbocycles. The first-order valence-electron chi connectivity index (χ1n) is 24.3. The van der Waals surface area contributed by atoms with E-state index in [0.717, 1.165) is 89.5 Å². The Morgan fingerprint density at radius 1 is 0.153 bits per heavy atom. The van der Waals surface area contributed by atoms with Crippen molar-refractivity contribution in [2.24, 2.45) is 0 Å². The molecule has 0 aliphatic carbocycles. The molecule has 2 aromatic heterocycles. The van der Waals surface area contributed by atoms with Crippen molar-refractivity contribution in [1.82, 2.24) is 19.9 Å². The number of benzene rings is 10. The van der Waals surface area contributed by atoms with E-state index in [1.54, 1.807) is 0 Å². The first kappa shape index (κ1) is 43.6. The third kappa shape index (κ3) is 9.16. The molecule has 0 saturated carbocycles. The van der Waals surface area contributed by atoms with Crippen molar-refractivity contribution in [3.63, 3.8) is 0 Å². The maximum absolute atomic E-state index is 5.13. The summed E-state index contributed by atoms with van der Waals surface area (Å²) in [6.07, 6.45) is 0. The van der Waals surface area contributed by atoms with Gasteiger partial charge in [-0.05, 0) is 67.8 Å². The molecule has 0 amide bonds. The van der Waals surface area contributed by atoms with Crippen LogP contribution in [0.25, 0.3) is 123 Å². The molecule has 72 heavy (non-hydrogen) atoms. The molecule has 4 heteroatoms. The van der Waals surface area contributed by atoms with Crippen LogP contribution in [0.2, 0.25) is 0 Å². The van der Waals surface area contributed by atoms with Crippen LogP contribution in [0.15, 0.2) is 279 Å². The Morgan fingerprint density at radius 2 is 0.361 bits per heavy atom. The van der Waals surface area contributed by atoms with Gasteiger partial charge in [-0.15, -0.1) is 0 Å². The van der Waals surface area contributed by atoms with Gasteiger partial charge < -0.3 is 0 Å². The molecule has 338 valence electrons. The molecule has 0 saturated heterocycles. The Balaban J connectivity index is 0.854. The minimum Gasteiger partial charge on any atom is -0.228 e. The molecule has 0 atom stereocenters. The molecule has 2 heterocycles. The van der Waals surface area contributed by atoms with E-state index < -0.39 is 0 Å². The first-order valence-corrected chi connectivity index (χ1v) is 24.3. The predicted octanol–water partition coefficient (Wildman–Crippen LogP) is 17.6. The largest absolute Gasteiger partial charge is 0.228 e. The average molecular weight is 919 g/mol. The number of rotatable bonds is 11. The summed E-state index contributed by atoms with van der Waals surface area (Å²) in [7, 11) is 0. The predicted molar refractivity (Wildman–Crippen MR) is 297 cm³/mol. The molecule has 12 rings (SSSR count). The third-order valence-electron chi connectivity index (χ3n) is 13.2. The Morgan fingerprint density at radius 3 is 0.653 bits per heavy atom. The molecule has 0 fully saturated rings. The Hall–Kier alpha value is -9.64. The number of hydrogen-bond acceptors (Lipinski definition) is 4. The first-order chi connectivity index (χ1) is 35.7. The second-order valence-corrected chi connectivity index (χ2v) is 17.8. The van der Waals surface area contributed by atoms with E-state index in [4.69, 9.17) is 19.9 Å². The number of hydrogen-bond donors (Lipinski definition) is 0. The van der Waals surface area contributed by atoms with Crippen molar-refractivity contribution in [1.29, 1.82) is 0 Å². The molecule has 0 aliphatic rings. The maximum atomic E-state index is 5.13. The summed E-state index contributed by atoms with van der Waals surface area (Å²) in [6, 6.07) is 97.7. The zero-order valence-electron chi connectivity index (χ0n) is 39.3. The molecule has 0 bridgehead atoms. The van der Waals surface area contributed by atoms with Crippen molar-refractivity contribution in [3.05, 3.63) is 279 Å². The SMILES string of the molecule is c1ccc(-c2ccc(-c3cc(-c4ccc(-c5ccccc5-c5ccccc5-c5ccc(-c6cc(-c7ccc(-c8ccccc8)cc7)nc(-c7ccccc7)n6)cc5)cc4)nc(-c4ccccc4)n3)cc2)cc1. The van der Waals surface area contributed by atoms with Gasteiger partial charge in [0.1, 0.15) is 0 Å². The zero-order chi connectivity index (χ0) is 48.1. The van der Waals surface area contributed by atoms with Gasteiger partial charge >= 0.3 is 0 Å². The van der Waals surface area contributed by atoms with Gasteiger partial charge in [0, 0.05) is 33.4 Å². The molecule has 0 N–H and O–H groups in total. The summed E-state index contributed by atoms with van der Waals surface area (Å²) >= 11 is 0. The van der Waals surface area contributed by atoms with Crippen LogP contribution < -0.4 is 0 Å². The minimum absolute atomic E-state index is 0.693. The fourth-order valence-corrected chi connectivity index (χ4v) is 9.43. The quantitative estimate of drug-likeness (QED) is 0.130. The van der Waals surface area contributed by atoms with Gasteiger partial charge in [-0.1, -0.05) is 267 Å². The van der Waals surface area contributed by atoms with E-state index >= 15 is 0 Å². The van der Waals surface area contributed by atoms with Crippen LogP contribution in [0.5, 0.6) is 0 Å². The highest BCUT2D eigenvalue weighted by Crippen LogP contribution is 2.40. The smallest absolute Gasteiger partial charge is 0.160 e. The molecular weight excluding hydrogens is 873 g/mol. The van der Waals surface area contributed by atoms with Gasteiger partial charge in [0.15, 0.2) is 11.6 Å². The highest BCUT2D eigenvalue weighted by Gasteiger charge is 2.16. The normalized spacial score (nSPS) is 11.1. The summed E-state index contributed by atoms with van der Waals surface area (Å²) in [6.45, 7) is 0. The lowest BCUT2D eigenvalue weighted by molar-refractivity contribution is 1.18. The van der Waals surface area contributed by atoms with Crippen molar-refractivity contribution >= 4 is 0 Å². The van der Waals surface area contributed by atoms with Gasteiger partial charge in [0.05, 0.1) is 22.8 Å². The van der Waals surface area contributed by atoms with Gasteiger partial charge in [0.25, 0.3) is 0 Å². The fourth-order valence-electron chi connectivity index (χ4n) is 9.43. The van der Waals surface area contributed by atoms with E-state index in [1.807, 2.05) is 48.5 Å². The maximum Gasteiger partial charge on any atom is 0.160 e. The van der Waals surface area contributed by atoms with Crippen molar-refractivity contribution in [3.8, 4) is 123 Å². The lowest BCUT2D eigenvalue weighted by Gasteiger charge is -2.16. The highest BCUT2D eigenvalue weighted by molar-refractivity contribution is 5.92. The molecular formula is C68H46N4. The van der Waals surface area contributed by atoms with E-state index in [9.17, 15) is 0 Å². The Bertz CT molecular complexity index is 3530. The van der Waals surface area contributed by atoms with Gasteiger partial charge in [-0.2, -0.15) is 0 Å². The lowest BCUT2D eigenvalue weighted by Crippen LogP contribution is -1.96. The fraction of sp³-hybridized carbons (Fsp3) is 0. The summed E-state index contributed by atoms with van der Waals surface area (Å²) in [5.74, 6) is 1.39. The van der Waals surface area contributed by atoms with Crippen LogP contribution >= 0.6 is 0 Å². The van der Waals surface area contributed by atoms with E-state index in [2.05, 4.69) is 231 Å². The van der Waals surface area contributed by atoms with Crippen molar-refractivity contribution in [2.75, 3.05) is 0 Å². The van der Waals surface area contributed by atoms with Crippen LogP contribution in [0.4, 0.5) is 0 Å². The molecule has 0 spiro atoms. The monoisotopic (exact) mass is 918 g/mol. The standard InChI is InChI=1S/C68H46N4/c1-5-17-47(18-6-1)49-29-37-53(38-30-49)63-45-65(71-67(69-63)57-21-9-3-10-22-57)55-41-33-51(34-42-55)59-25-13-15-27-61(59)62-28-16-14-26-60(62)52-35-43-56(44-36-52)66-46-64(70-68(72-66)58-23-11-4-12-24-58)54-39-31-50(32-40-54)48-19-7-2-8-20-48/h1-46H. The molecule has 0 aliphatic heterocycles. The van der Waals surface area contributed by atoms with E-state index in [-0.39, 0.29) is 0 Å². The number of aromatic nitrogens is 4. The summed E-state index contributed by atoms with van der Waals surface area (Å²) in [4.78, 5) is 20.4. The minimum atomic E-state index is 0.693. The van der Waals surface area contributed by atoms with Crippen LogP contribution in [-0.2, 0) is 0 Å². The van der Waals surface area contributed by atoms with Gasteiger partial charge in [-0.25, -0.2) is 19.9 Å². The van der Waals surface area contributed by atoms with Crippen molar-refractivity contribution in [2.45, 2.75) is 0 Å². The van der Waals surface area contributed by atoms with Crippen LogP contribution in [0.1, 0.15) is 0 Å². The van der Waals surface area contributed by atoms with E-state index in [0.29, 0.717) is 11.6 Å². The molecule has 4 nitrogen and oxygen atoms in total. The van der Waals surface area contributed by atoms with Gasteiger partial charge in [-0.3, -0.25) is 0 Å². The van der Waals surface area contributed by atoms with Crippen LogP contribution in [-0.4, -0.2) is 19.9 Å². The van der Waals surface area contributed by atoms with Crippen LogP contribution in [0, 0.1) is 0 Å². The highest BCUT2D eigenvalue weighted by atomic mass is 14.9. The number of nitrogens with zero attached hydrogens (tertiary/aromatic N) is 4. The molecule has 0 radical (unpaired) electrons. The summed E-state index contributed by atoms with van der Waals surface area (Å²) in [5, 5.41) is 0. The topological polar surface area (TPSA) is 51.6 Å². The van der Waals surface area contributed by atoms with Gasteiger partial charge in [0.2, 0.25) is 0 Å². The van der Waals surface area contributed by atoms with E-state index in [1.165, 1.54) is 22.3 Å². The zero-order valence-corrected chi connectivity index (χ0v) is 39.3. The second-order valence-electron chi connectivity index (χ2n) is 17.8. The Labute approximate surface area is 420 Å². The summed E-state index contributed by atoms with van der Waals surface area (Å²) in [5.41, 5.74) is 21.1. The summed E-state index contributed by atoms with van der Waals surface area (Å²) < 4.78 is 0. The Kier molecular flexibility index (Phi) is 12.0. The van der Waals surface area contributed by atoms with Crippen LogP contribution in [0.3, 0.4) is 0 Å². The van der Waals surface area contributed by atoms with Crippen molar-refractivity contribution < 1.29 is 0 Å². The third-order valence-corrected chi connectivity index (χ3v) is 13.2. The molecule has 0 unspecified atom stereocenters. The average Bonchev–Trinajstić information content (AvgIpc) is 3.48. The molecule has 12 aromatic rings. The second kappa shape index (κ2) is 19.8. The lowest BCUT2D eigenvalue weighted by atomic mass is 9.89.